The third-order valence-electron chi connectivity index (χ3n) is 4.41. The van der Waals surface area contributed by atoms with Crippen LogP contribution in [0.2, 0.25) is 0 Å². The highest BCUT2D eigenvalue weighted by Crippen LogP contribution is 2.25. The highest BCUT2D eigenvalue weighted by atomic mass is 19.1. The molecule has 0 atom stereocenters. The first kappa shape index (κ1) is 15.2. The highest BCUT2D eigenvalue weighted by Gasteiger charge is 2.11. The Kier molecular flexibility index (Phi) is 4.86. The van der Waals surface area contributed by atoms with Crippen molar-refractivity contribution in [1.82, 2.24) is 4.90 Å². The van der Waals surface area contributed by atoms with Crippen LogP contribution in [0.4, 0.5) is 4.39 Å². The van der Waals surface area contributed by atoms with Crippen molar-refractivity contribution < 1.29 is 4.39 Å². The predicted octanol–water partition coefficient (Wildman–Crippen LogP) is 3.94. The van der Waals surface area contributed by atoms with Crippen molar-refractivity contribution in [2.75, 3.05) is 13.1 Å². The molecule has 22 heavy (non-hydrogen) atoms. The second kappa shape index (κ2) is 7.03. The third-order valence-corrected chi connectivity index (χ3v) is 4.41. The van der Waals surface area contributed by atoms with Crippen LogP contribution in [0.1, 0.15) is 30.4 Å². The Balaban J connectivity index is 1.76. The van der Waals surface area contributed by atoms with Crippen LogP contribution in [-0.2, 0) is 13.1 Å². The molecule has 1 saturated heterocycles. The maximum Gasteiger partial charge on any atom is 0.123 e. The lowest BCUT2D eigenvalue weighted by molar-refractivity contribution is 0.221. The SMILES string of the molecule is NCc1cc(F)ccc1-c1ccc(CN2CCCCC2)cc1. The number of nitrogens with zero attached hydrogens (tertiary/aromatic N) is 1. The number of likely N-dealkylation sites (tertiary alicyclic amines) is 1. The van der Waals surface area contributed by atoms with Crippen molar-refractivity contribution in [3.63, 3.8) is 0 Å². The fourth-order valence-corrected chi connectivity index (χ4v) is 3.18. The Morgan fingerprint density at radius 1 is 0.955 bits per heavy atom. The van der Waals surface area contributed by atoms with Gasteiger partial charge in [0.05, 0.1) is 0 Å². The van der Waals surface area contributed by atoms with Gasteiger partial charge in [0.15, 0.2) is 0 Å². The van der Waals surface area contributed by atoms with E-state index in [1.807, 2.05) is 6.07 Å². The molecule has 0 saturated carbocycles. The summed E-state index contributed by atoms with van der Waals surface area (Å²) in [6, 6.07) is 13.4. The zero-order valence-corrected chi connectivity index (χ0v) is 12.9. The van der Waals surface area contributed by atoms with Crippen molar-refractivity contribution in [2.24, 2.45) is 5.73 Å². The number of nitrogens with two attached hydrogens (primary N) is 1. The quantitative estimate of drug-likeness (QED) is 0.926. The van der Waals surface area contributed by atoms with Gasteiger partial charge in [-0.15, -0.1) is 0 Å². The van der Waals surface area contributed by atoms with Gasteiger partial charge in [0, 0.05) is 13.1 Å². The van der Waals surface area contributed by atoms with Gasteiger partial charge < -0.3 is 5.73 Å². The van der Waals surface area contributed by atoms with E-state index in [0.29, 0.717) is 6.54 Å². The smallest absolute Gasteiger partial charge is 0.123 e. The summed E-state index contributed by atoms with van der Waals surface area (Å²) in [6.07, 6.45) is 3.99. The Bertz CT molecular complexity index is 616. The van der Waals surface area contributed by atoms with E-state index in [2.05, 4.69) is 29.2 Å². The van der Waals surface area contributed by atoms with E-state index >= 15 is 0 Å². The topological polar surface area (TPSA) is 29.3 Å². The van der Waals surface area contributed by atoms with E-state index in [1.165, 1.54) is 50.0 Å². The molecule has 2 nitrogen and oxygen atoms in total. The lowest BCUT2D eigenvalue weighted by atomic mass is 9.98. The monoisotopic (exact) mass is 298 g/mol. The van der Waals surface area contributed by atoms with Crippen LogP contribution in [0, 0.1) is 5.82 Å². The summed E-state index contributed by atoms with van der Waals surface area (Å²) in [4.78, 5) is 2.52. The minimum atomic E-state index is -0.231. The van der Waals surface area contributed by atoms with Gasteiger partial charge in [0.1, 0.15) is 5.82 Å². The van der Waals surface area contributed by atoms with Crippen molar-refractivity contribution in [2.45, 2.75) is 32.4 Å². The third kappa shape index (κ3) is 3.54. The summed E-state index contributed by atoms with van der Waals surface area (Å²) in [7, 11) is 0. The molecule has 0 aliphatic carbocycles. The first-order chi connectivity index (χ1) is 10.8. The number of benzene rings is 2. The van der Waals surface area contributed by atoms with E-state index in [4.69, 9.17) is 5.73 Å². The van der Waals surface area contributed by atoms with Crippen LogP contribution in [0.5, 0.6) is 0 Å². The molecule has 2 aromatic carbocycles. The van der Waals surface area contributed by atoms with Crippen molar-refractivity contribution in [3.8, 4) is 11.1 Å². The maximum atomic E-state index is 13.3. The molecule has 0 spiro atoms. The molecule has 0 amide bonds. The average molecular weight is 298 g/mol. The summed E-state index contributed by atoms with van der Waals surface area (Å²) in [6.45, 7) is 3.78. The second-order valence-electron chi connectivity index (χ2n) is 6.04. The maximum absolute atomic E-state index is 13.3. The number of piperidine rings is 1. The average Bonchev–Trinajstić information content (AvgIpc) is 2.56. The van der Waals surface area contributed by atoms with Gasteiger partial charge >= 0.3 is 0 Å². The van der Waals surface area contributed by atoms with E-state index in [1.54, 1.807) is 0 Å². The normalized spacial score (nSPS) is 15.9. The Morgan fingerprint density at radius 3 is 2.36 bits per heavy atom. The fraction of sp³-hybridized carbons (Fsp3) is 0.368. The summed E-state index contributed by atoms with van der Waals surface area (Å²) in [5.41, 5.74) is 10.0. The molecule has 1 aliphatic rings. The van der Waals surface area contributed by atoms with E-state index in [9.17, 15) is 4.39 Å². The standard InChI is InChI=1S/C19H23FN2/c20-18-8-9-19(17(12-18)13-21)16-6-4-15(5-7-16)14-22-10-2-1-3-11-22/h4-9,12H,1-3,10-11,13-14,21H2. The van der Waals surface area contributed by atoms with Crippen LogP contribution < -0.4 is 5.73 Å². The minimum Gasteiger partial charge on any atom is -0.326 e. The van der Waals surface area contributed by atoms with Gasteiger partial charge in [-0.1, -0.05) is 36.8 Å². The lowest BCUT2D eigenvalue weighted by Crippen LogP contribution is -2.28. The molecule has 3 rings (SSSR count). The molecule has 0 bridgehead atoms. The van der Waals surface area contributed by atoms with Gasteiger partial charge in [-0.25, -0.2) is 4.39 Å². The summed E-state index contributed by atoms with van der Waals surface area (Å²) >= 11 is 0. The summed E-state index contributed by atoms with van der Waals surface area (Å²) in [5.74, 6) is -0.231. The highest BCUT2D eigenvalue weighted by molar-refractivity contribution is 5.67. The number of hydrogen-bond acceptors (Lipinski definition) is 2. The molecule has 1 fully saturated rings. The Labute approximate surface area is 131 Å². The molecule has 0 aromatic heterocycles. The van der Waals surface area contributed by atoms with Gasteiger partial charge in [-0.2, -0.15) is 0 Å². The first-order valence-corrected chi connectivity index (χ1v) is 8.06. The van der Waals surface area contributed by atoms with Gasteiger partial charge in [0.2, 0.25) is 0 Å². The van der Waals surface area contributed by atoms with Crippen LogP contribution in [-0.4, -0.2) is 18.0 Å². The number of halogens is 1. The molecular formula is C19H23FN2. The first-order valence-electron chi connectivity index (χ1n) is 8.06. The molecule has 2 aromatic rings. The molecule has 0 unspecified atom stereocenters. The molecule has 1 aliphatic heterocycles. The van der Waals surface area contributed by atoms with Gasteiger partial charge in [-0.3, -0.25) is 4.90 Å². The largest absolute Gasteiger partial charge is 0.326 e. The Hall–Kier alpha value is -1.71. The summed E-state index contributed by atoms with van der Waals surface area (Å²) < 4.78 is 13.3. The molecule has 116 valence electrons. The predicted molar refractivity (Wildman–Crippen MR) is 88.9 cm³/mol. The zero-order valence-electron chi connectivity index (χ0n) is 12.9. The van der Waals surface area contributed by atoms with Crippen LogP contribution in [0.3, 0.4) is 0 Å². The van der Waals surface area contributed by atoms with Crippen molar-refractivity contribution in [1.29, 1.82) is 0 Å². The lowest BCUT2D eigenvalue weighted by Gasteiger charge is -2.26. The van der Waals surface area contributed by atoms with Crippen molar-refractivity contribution >= 4 is 0 Å². The van der Waals surface area contributed by atoms with E-state index in [-0.39, 0.29) is 5.82 Å². The van der Waals surface area contributed by atoms with Crippen molar-refractivity contribution in [3.05, 3.63) is 59.4 Å². The fourth-order valence-electron chi connectivity index (χ4n) is 3.18. The van der Waals surface area contributed by atoms with E-state index < -0.39 is 0 Å². The minimum absolute atomic E-state index is 0.231. The van der Waals surface area contributed by atoms with Crippen LogP contribution in [0.15, 0.2) is 42.5 Å². The molecule has 3 heteroatoms. The molecule has 2 N–H and O–H groups in total. The molecule has 0 radical (unpaired) electrons. The molecular weight excluding hydrogens is 275 g/mol. The number of rotatable bonds is 4. The molecule has 1 heterocycles. The number of hydrogen-bond donors (Lipinski definition) is 1. The van der Waals surface area contributed by atoms with Crippen LogP contribution in [0.25, 0.3) is 11.1 Å². The summed E-state index contributed by atoms with van der Waals surface area (Å²) in [5, 5.41) is 0. The Morgan fingerprint density at radius 2 is 1.68 bits per heavy atom. The van der Waals surface area contributed by atoms with Crippen LogP contribution >= 0.6 is 0 Å². The van der Waals surface area contributed by atoms with Gasteiger partial charge in [-0.05, 0) is 60.3 Å². The van der Waals surface area contributed by atoms with E-state index in [0.717, 1.165) is 23.2 Å². The second-order valence-corrected chi connectivity index (χ2v) is 6.04. The van der Waals surface area contributed by atoms with Gasteiger partial charge in [0.25, 0.3) is 0 Å². The zero-order chi connectivity index (χ0) is 15.4.